The van der Waals surface area contributed by atoms with Gasteiger partial charge in [0, 0.05) is 6.54 Å². The lowest BCUT2D eigenvalue weighted by atomic mass is 10.2. The normalized spacial score (nSPS) is 10.7. The Morgan fingerprint density at radius 3 is 2.59 bits per heavy atom. The fourth-order valence-electron chi connectivity index (χ4n) is 2.26. The van der Waals surface area contributed by atoms with Gasteiger partial charge in [-0.1, -0.05) is 29.8 Å². The van der Waals surface area contributed by atoms with Crippen LogP contribution in [0, 0.1) is 6.92 Å². The predicted octanol–water partition coefficient (Wildman–Crippen LogP) is 2.20. The van der Waals surface area contributed by atoms with Crippen molar-refractivity contribution in [1.82, 2.24) is 14.6 Å². The summed E-state index contributed by atoms with van der Waals surface area (Å²) in [4.78, 5) is 25.8. The Hall–Kier alpha value is -2.65. The average molecular weight is 391 g/mol. The number of primary amides is 1. The van der Waals surface area contributed by atoms with Gasteiger partial charge in [0.25, 0.3) is 5.91 Å². The molecule has 8 nitrogen and oxygen atoms in total. The molecular formula is C18H25N5O3S. The van der Waals surface area contributed by atoms with E-state index < -0.39 is 11.9 Å². The van der Waals surface area contributed by atoms with Crippen LogP contribution in [-0.4, -0.2) is 48.4 Å². The molecule has 1 aromatic carbocycles. The van der Waals surface area contributed by atoms with E-state index in [1.54, 1.807) is 0 Å². The van der Waals surface area contributed by atoms with Gasteiger partial charge in [-0.25, -0.2) is 4.79 Å². The number of aromatic nitrogens is 1. The molecular weight excluding hydrogens is 366 g/mol. The SMILES string of the molecule is Cc1ccc(COc2nsc(NC(=O)NCCCN(C)C)c2C(N)=O)cc1. The molecule has 0 radical (unpaired) electrons. The Labute approximate surface area is 162 Å². The van der Waals surface area contributed by atoms with Crippen molar-refractivity contribution in [2.45, 2.75) is 20.0 Å². The molecule has 4 N–H and O–H groups in total. The van der Waals surface area contributed by atoms with E-state index in [1.807, 2.05) is 50.2 Å². The van der Waals surface area contributed by atoms with Crippen LogP contribution in [0.1, 0.15) is 27.9 Å². The fourth-order valence-corrected chi connectivity index (χ4v) is 2.99. The molecule has 0 saturated carbocycles. The molecule has 0 atom stereocenters. The summed E-state index contributed by atoms with van der Waals surface area (Å²) in [6.45, 7) is 3.64. The number of carbonyl (C=O) groups is 2. The maximum Gasteiger partial charge on any atom is 0.319 e. The number of rotatable bonds is 9. The molecule has 0 saturated heterocycles. The van der Waals surface area contributed by atoms with Crippen molar-refractivity contribution in [3.63, 3.8) is 0 Å². The minimum atomic E-state index is -0.703. The van der Waals surface area contributed by atoms with E-state index in [4.69, 9.17) is 10.5 Å². The number of nitrogens with two attached hydrogens (primary N) is 1. The van der Waals surface area contributed by atoms with Crippen LogP contribution in [0.5, 0.6) is 5.88 Å². The van der Waals surface area contributed by atoms with Crippen LogP contribution < -0.4 is 21.1 Å². The fraction of sp³-hybridized carbons (Fsp3) is 0.389. The standard InChI is InChI=1S/C18H25N5O3S/c1-12-5-7-13(8-6-12)11-26-16-14(15(19)24)17(27-22-16)21-18(25)20-9-4-10-23(2)3/h5-8H,4,9-11H2,1-3H3,(H2,19,24)(H2,20,21,25). The van der Waals surface area contributed by atoms with Gasteiger partial charge in [0.2, 0.25) is 5.88 Å². The molecule has 0 aliphatic rings. The van der Waals surface area contributed by atoms with Gasteiger partial charge in [0.15, 0.2) is 0 Å². The number of hydrogen-bond acceptors (Lipinski definition) is 6. The summed E-state index contributed by atoms with van der Waals surface area (Å²) >= 11 is 0.959. The Morgan fingerprint density at radius 2 is 1.96 bits per heavy atom. The molecule has 0 bridgehead atoms. The number of ether oxygens (including phenoxy) is 1. The van der Waals surface area contributed by atoms with Crippen LogP contribution in [-0.2, 0) is 6.61 Å². The zero-order valence-electron chi connectivity index (χ0n) is 15.7. The zero-order chi connectivity index (χ0) is 19.8. The maximum atomic E-state index is 12.0. The lowest BCUT2D eigenvalue weighted by Crippen LogP contribution is -2.31. The Morgan fingerprint density at radius 1 is 1.26 bits per heavy atom. The highest BCUT2D eigenvalue weighted by molar-refractivity contribution is 7.11. The summed E-state index contributed by atoms with van der Waals surface area (Å²) in [6.07, 6.45) is 0.816. The molecule has 0 spiro atoms. The number of anilines is 1. The molecule has 0 fully saturated rings. The second kappa shape index (κ2) is 9.89. The van der Waals surface area contributed by atoms with Crippen LogP contribution in [0.3, 0.4) is 0 Å². The van der Waals surface area contributed by atoms with Crippen LogP contribution in [0.4, 0.5) is 9.80 Å². The summed E-state index contributed by atoms with van der Waals surface area (Å²) in [5.74, 6) is -0.582. The largest absolute Gasteiger partial charge is 0.472 e. The summed E-state index contributed by atoms with van der Waals surface area (Å²) in [5.41, 5.74) is 7.62. The molecule has 1 heterocycles. The number of benzene rings is 1. The van der Waals surface area contributed by atoms with Crippen molar-refractivity contribution in [3.8, 4) is 5.88 Å². The first-order valence-electron chi connectivity index (χ1n) is 8.54. The number of hydrogen-bond donors (Lipinski definition) is 3. The zero-order valence-corrected chi connectivity index (χ0v) is 16.6. The van der Waals surface area contributed by atoms with E-state index in [2.05, 4.69) is 15.0 Å². The van der Waals surface area contributed by atoms with Crippen molar-refractivity contribution >= 4 is 28.5 Å². The number of amides is 3. The number of nitrogens with zero attached hydrogens (tertiary/aromatic N) is 2. The number of nitrogens with one attached hydrogen (secondary N) is 2. The third-order valence-electron chi connectivity index (χ3n) is 3.70. The predicted molar refractivity (Wildman–Crippen MR) is 106 cm³/mol. The number of aryl methyl sites for hydroxylation is 1. The van der Waals surface area contributed by atoms with Gasteiger partial charge in [0.05, 0.1) is 0 Å². The molecule has 0 aliphatic carbocycles. The van der Waals surface area contributed by atoms with E-state index in [9.17, 15) is 9.59 Å². The van der Waals surface area contributed by atoms with Gasteiger partial charge >= 0.3 is 6.03 Å². The molecule has 2 aromatic rings. The van der Waals surface area contributed by atoms with Crippen molar-refractivity contribution in [2.75, 3.05) is 32.5 Å². The van der Waals surface area contributed by atoms with Gasteiger partial charge in [-0.3, -0.25) is 10.1 Å². The third kappa shape index (κ3) is 6.54. The lowest BCUT2D eigenvalue weighted by molar-refractivity contribution is 0.0996. The van der Waals surface area contributed by atoms with Crippen LogP contribution in [0.2, 0.25) is 0 Å². The van der Waals surface area contributed by atoms with Crippen LogP contribution in [0.15, 0.2) is 24.3 Å². The smallest absolute Gasteiger partial charge is 0.319 e. The maximum absolute atomic E-state index is 12.0. The van der Waals surface area contributed by atoms with E-state index in [0.717, 1.165) is 35.6 Å². The summed E-state index contributed by atoms with van der Waals surface area (Å²) < 4.78 is 9.74. The van der Waals surface area contributed by atoms with E-state index >= 15 is 0 Å². The lowest BCUT2D eigenvalue weighted by Gasteiger charge is -2.10. The van der Waals surface area contributed by atoms with Crippen LogP contribution in [0.25, 0.3) is 0 Å². The van der Waals surface area contributed by atoms with E-state index in [-0.39, 0.29) is 23.1 Å². The summed E-state index contributed by atoms with van der Waals surface area (Å²) in [7, 11) is 3.93. The Kier molecular flexibility index (Phi) is 7.56. The second-order valence-corrected chi connectivity index (χ2v) is 7.14. The van der Waals surface area contributed by atoms with Gasteiger partial charge in [-0.2, -0.15) is 4.37 Å². The monoisotopic (exact) mass is 391 g/mol. The van der Waals surface area contributed by atoms with Gasteiger partial charge in [-0.05, 0) is 51.1 Å². The first-order chi connectivity index (χ1) is 12.9. The minimum Gasteiger partial charge on any atom is -0.472 e. The van der Waals surface area contributed by atoms with Gasteiger partial charge in [0.1, 0.15) is 17.2 Å². The highest BCUT2D eigenvalue weighted by Gasteiger charge is 2.21. The highest BCUT2D eigenvalue weighted by Crippen LogP contribution is 2.30. The molecule has 0 unspecified atom stereocenters. The van der Waals surface area contributed by atoms with E-state index in [0.29, 0.717) is 6.54 Å². The highest BCUT2D eigenvalue weighted by atomic mass is 32.1. The molecule has 146 valence electrons. The van der Waals surface area contributed by atoms with Crippen molar-refractivity contribution in [3.05, 3.63) is 41.0 Å². The average Bonchev–Trinajstić information content (AvgIpc) is 3.01. The van der Waals surface area contributed by atoms with Crippen molar-refractivity contribution < 1.29 is 14.3 Å². The van der Waals surface area contributed by atoms with Crippen molar-refractivity contribution in [1.29, 1.82) is 0 Å². The summed E-state index contributed by atoms with van der Waals surface area (Å²) in [6, 6.07) is 7.41. The first-order valence-corrected chi connectivity index (χ1v) is 9.31. The molecule has 3 amide bonds. The van der Waals surface area contributed by atoms with Gasteiger partial charge < -0.3 is 20.7 Å². The number of urea groups is 1. The second-order valence-electron chi connectivity index (χ2n) is 6.37. The number of carbonyl (C=O) groups excluding carboxylic acids is 2. The Bertz CT molecular complexity index is 774. The molecule has 0 aliphatic heterocycles. The molecule has 9 heteroatoms. The topological polar surface area (TPSA) is 110 Å². The first kappa shape index (κ1) is 20.7. The molecule has 1 aromatic heterocycles. The van der Waals surface area contributed by atoms with Crippen LogP contribution >= 0.6 is 11.5 Å². The third-order valence-corrected chi connectivity index (χ3v) is 4.44. The van der Waals surface area contributed by atoms with Gasteiger partial charge in [-0.15, -0.1) is 0 Å². The molecule has 2 rings (SSSR count). The van der Waals surface area contributed by atoms with Crippen molar-refractivity contribution in [2.24, 2.45) is 5.73 Å². The Balaban J connectivity index is 1.96. The van der Waals surface area contributed by atoms with E-state index in [1.165, 1.54) is 0 Å². The minimum absolute atomic E-state index is 0.0792. The summed E-state index contributed by atoms with van der Waals surface area (Å²) in [5, 5.41) is 5.62. The quantitative estimate of drug-likeness (QED) is 0.568. The molecule has 27 heavy (non-hydrogen) atoms.